The highest BCUT2D eigenvalue weighted by molar-refractivity contribution is 5.84. The van der Waals surface area contributed by atoms with Gasteiger partial charge >= 0.3 is 0 Å². The molecule has 1 aromatic heterocycles. The van der Waals surface area contributed by atoms with Crippen LogP contribution >= 0.6 is 0 Å². The minimum absolute atomic E-state index is 0.315. The van der Waals surface area contributed by atoms with Gasteiger partial charge in [0.1, 0.15) is 6.61 Å². The van der Waals surface area contributed by atoms with Crippen LogP contribution in [0.15, 0.2) is 24.3 Å². The van der Waals surface area contributed by atoms with Crippen LogP contribution in [0.1, 0.15) is 32.3 Å². The van der Waals surface area contributed by atoms with Crippen molar-refractivity contribution in [3.63, 3.8) is 0 Å². The summed E-state index contributed by atoms with van der Waals surface area (Å²) in [6.07, 6.45) is 0. The van der Waals surface area contributed by atoms with Crippen LogP contribution in [-0.4, -0.2) is 17.6 Å². The predicted octanol–water partition coefficient (Wildman–Crippen LogP) is 3.55. The fourth-order valence-electron chi connectivity index (χ4n) is 2.23. The number of nitrogens with one attached hydrogen (secondary N) is 1. The normalized spacial score (nSPS) is 18.3. The van der Waals surface area contributed by atoms with Gasteiger partial charge in [-0.2, -0.15) is 0 Å². The Hall–Kier alpha value is -1.77. The number of ether oxygens (including phenoxy) is 1. The molecule has 1 N–H and O–H groups in total. The van der Waals surface area contributed by atoms with Crippen molar-refractivity contribution < 1.29 is 4.74 Å². The summed E-state index contributed by atoms with van der Waals surface area (Å²) in [4.78, 5) is 4.67. The number of rotatable bonds is 1. The molecule has 1 aromatic carbocycles. The van der Waals surface area contributed by atoms with E-state index < -0.39 is 0 Å². The summed E-state index contributed by atoms with van der Waals surface area (Å²) in [6.45, 7) is 7.19. The lowest BCUT2D eigenvalue weighted by Gasteiger charge is -2.24. The minimum atomic E-state index is 0.315. The summed E-state index contributed by atoms with van der Waals surface area (Å²) >= 11 is 0. The highest BCUT2D eigenvalue weighted by atomic mass is 16.5. The molecule has 0 bridgehead atoms. The monoisotopic (exact) mass is 242 g/mol. The van der Waals surface area contributed by atoms with E-state index >= 15 is 0 Å². The Morgan fingerprint density at radius 1 is 1.33 bits per heavy atom. The molecule has 3 nitrogen and oxygen atoms in total. The Bertz CT molecular complexity index is 592. The van der Waals surface area contributed by atoms with E-state index in [0.717, 1.165) is 22.5 Å². The number of aromatic nitrogens is 1. The van der Waals surface area contributed by atoms with Crippen LogP contribution in [0.2, 0.25) is 0 Å². The Morgan fingerprint density at radius 2 is 2.17 bits per heavy atom. The molecule has 0 saturated heterocycles. The molecule has 0 fully saturated rings. The van der Waals surface area contributed by atoms with Crippen LogP contribution in [0.4, 0.5) is 5.82 Å². The van der Waals surface area contributed by atoms with Crippen LogP contribution < -0.4 is 10.1 Å². The first-order chi connectivity index (χ1) is 8.63. The van der Waals surface area contributed by atoms with Crippen molar-refractivity contribution >= 4 is 16.7 Å². The maximum Gasteiger partial charge on any atom is 0.169 e. The van der Waals surface area contributed by atoms with Crippen LogP contribution in [-0.2, 0) is 0 Å². The highest BCUT2D eigenvalue weighted by Gasteiger charge is 2.17. The SMILES string of the molecule is CC(C)c1ccc2cc3c(nc2c1)N[C@@H](C)CO3. The van der Waals surface area contributed by atoms with Gasteiger partial charge in [0.25, 0.3) is 0 Å². The lowest BCUT2D eigenvalue weighted by molar-refractivity contribution is 0.290. The van der Waals surface area contributed by atoms with Crippen molar-refractivity contribution in [3.8, 4) is 5.75 Å². The van der Waals surface area contributed by atoms with E-state index in [1.807, 2.05) is 0 Å². The highest BCUT2D eigenvalue weighted by Crippen LogP contribution is 2.31. The zero-order valence-electron chi connectivity index (χ0n) is 11.0. The quantitative estimate of drug-likeness (QED) is 0.830. The average Bonchev–Trinajstić information content (AvgIpc) is 2.35. The molecule has 1 aliphatic heterocycles. The molecular formula is C15H18N2O. The fourth-order valence-corrected chi connectivity index (χ4v) is 2.23. The molecule has 0 spiro atoms. The van der Waals surface area contributed by atoms with Gasteiger partial charge in [-0.1, -0.05) is 26.0 Å². The Morgan fingerprint density at radius 3 is 2.94 bits per heavy atom. The molecule has 2 heterocycles. The molecule has 2 aromatic rings. The average molecular weight is 242 g/mol. The molecule has 1 atom stereocenters. The zero-order valence-corrected chi connectivity index (χ0v) is 11.0. The third-order valence-corrected chi connectivity index (χ3v) is 3.35. The standard InChI is InChI=1S/C15H18N2O/c1-9(2)11-4-5-12-7-14-15(17-13(12)6-11)16-10(3)8-18-14/h4-7,9-10H,8H2,1-3H3,(H,16,17)/t10-/m0/s1. The van der Waals surface area contributed by atoms with Gasteiger partial charge in [-0.25, -0.2) is 4.98 Å². The van der Waals surface area contributed by atoms with E-state index in [0.29, 0.717) is 18.6 Å². The second-order valence-corrected chi connectivity index (χ2v) is 5.30. The van der Waals surface area contributed by atoms with Crippen molar-refractivity contribution in [3.05, 3.63) is 29.8 Å². The second kappa shape index (κ2) is 4.16. The van der Waals surface area contributed by atoms with Crippen molar-refractivity contribution in [2.75, 3.05) is 11.9 Å². The lowest BCUT2D eigenvalue weighted by atomic mass is 10.0. The number of anilines is 1. The predicted molar refractivity (Wildman–Crippen MR) is 74.4 cm³/mol. The number of hydrogen-bond donors (Lipinski definition) is 1. The van der Waals surface area contributed by atoms with Crippen LogP contribution in [0.5, 0.6) is 5.75 Å². The molecule has 0 unspecified atom stereocenters. The second-order valence-electron chi connectivity index (χ2n) is 5.30. The first-order valence-corrected chi connectivity index (χ1v) is 6.47. The summed E-state index contributed by atoms with van der Waals surface area (Å²) in [5, 5.41) is 4.50. The van der Waals surface area contributed by atoms with Crippen LogP contribution in [0, 0.1) is 0 Å². The molecule has 3 rings (SSSR count). The minimum Gasteiger partial charge on any atom is -0.488 e. The van der Waals surface area contributed by atoms with E-state index in [1.54, 1.807) is 0 Å². The van der Waals surface area contributed by atoms with Gasteiger partial charge in [0, 0.05) is 5.39 Å². The molecule has 3 heteroatoms. The Labute approximate surface area is 107 Å². The molecule has 94 valence electrons. The molecule has 0 aliphatic carbocycles. The first-order valence-electron chi connectivity index (χ1n) is 6.47. The number of nitrogens with zero attached hydrogens (tertiary/aromatic N) is 1. The number of hydrogen-bond acceptors (Lipinski definition) is 3. The van der Waals surface area contributed by atoms with Gasteiger partial charge in [-0.05, 0) is 30.5 Å². The Kier molecular flexibility index (Phi) is 2.62. The van der Waals surface area contributed by atoms with E-state index in [2.05, 4.69) is 55.3 Å². The van der Waals surface area contributed by atoms with E-state index in [1.165, 1.54) is 5.56 Å². The Balaban J connectivity index is 2.13. The van der Waals surface area contributed by atoms with Gasteiger partial charge in [-0.3, -0.25) is 0 Å². The third kappa shape index (κ3) is 1.90. The van der Waals surface area contributed by atoms with Crippen molar-refractivity contribution in [1.82, 2.24) is 4.98 Å². The molecule has 0 radical (unpaired) electrons. The summed E-state index contributed by atoms with van der Waals surface area (Å²) in [5.41, 5.74) is 2.35. The molecule has 0 amide bonds. The number of pyridine rings is 1. The first kappa shape index (κ1) is 11.3. The van der Waals surface area contributed by atoms with E-state index in [4.69, 9.17) is 4.74 Å². The third-order valence-electron chi connectivity index (χ3n) is 3.35. The summed E-state index contributed by atoms with van der Waals surface area (Å²) in [5.74, 6) is 2.25. The van der Waals surface area contributed by atoms with Gasteiger partial charge < -0.3 is 10.1 Å². The van der Waals surface area contributed by atoms with Gasteiger partial charge in [0.05, 0.1) is 11.6 Å². The molecule has 0 saturated carbocycles. The summed E-state index contributed by atoms with van der Waals surface area (Å²) in [7, 11) is 0. The number of benzene rings is 1. The molecular weight excluding hydrogens is 224 g/mol. The lowest BCUT2D eigenvalue weighted by Crippen LogP contribution is -2.28. The maximum atomic E-state index is 5.70. The van der Waals surface area contributed by atoms with E-state index in [9.17, 15) is 0 Å². The van der Waals surface area contributed by atoms with Crippen LogP contribution in [0.25, 0.3) is 10.9 Å². The van der Waals surface area contributed by atoms with Crippen molar-refractivity contribution in [1.29, 1.82) is 0 Å². The summed E-state index contributed by atoms with van der Waals surface area (Å²) < 4.78 is 5.70. The number of fused-ring (bicyclic) bond motifs is 2. The maximum absolute atomic E-state index is 5.70. The van der Waals surface area contributed by atoms with Gasteiger partial charge in [0.15, 0.2) is 11.6 Å². The largest absolute Gasteiger partial charge is 0.488 e. The van der Waals surface area contributed by atoms with Crippen molar-refractivity contribution in [2.45, 2.75) is 32.7 Å². The van der Waals surface area contributed by atoms with Crippen LogP contribution in [0.3, 0.4) is 0 Å². The van der Waals surface area contributed by atoms with Gasteiger partial charge in [-0.15, -0.1) is 0 Å². The molecule has 1 aliphatic rings. The zero-order chi connectivity index (χ0) is 12.7. The van der Waals surface area contributed by atoms with E-state index in [-0.39, 0.29) is 0 Å². The summed E-state index contributed by atoms with van der Waals surface area (Å²) in [6, 6.07) is 8.84. The smallest absolute Gasteiger partial charge is 0.169 e. The fraction of sp³-hybridized carbons (Fsp3) is 0.400. The van der Waals surface area contributed by atoms with Crippen molar-refractivity contribution in [2.24, 2.45) is 0 Å². The molecule has 18 heavy (non-hydrogen) atoms. The topological polar surface area (TPSA) is 34.2 Å². The van der Waals surface area contributed by atoms with Gasteiger partial charge in [0.2, 0.25) is 0 Å².